The number of guanidine groups is 1. The van der Waals surface area contributed by atoms with E-state index in [1.165, 1.54) is 6.07 Å². The van der Waals surface area contributed by atoms with Gasteiger partial charge in [-0.1, -0.05) is 19.9 Å². The van der Waals surface area contributed by atoms with Crippen molar-refractivity contribution in [2.24, 2.45) is 10.9 Å². The van der Waals surface area contributed by atoms with Gasteiger partial charge in [0, 0.05) is 18.7 Å². The molecule has 0 heterocycles. The Morgan fingerprint density at radius 2 is 2.05 bits per heavy atom. The monoisotopic (exact) mass is 423 g/mol. The van der Waals surface area contributed by atoms with E-state index < -0.39 is 0 Å². The Morgan fingerprint density at radius 3 is 2.64 bits per heavy atom. The first kappa shape index (κ1) is 21.1. The Bertz CT molecular complexity index is 467. The van der Waals surface area contributed by atoms with Crippen molar-refractivity contribution in [3.63, 3.8) is 0 Å². The summed E-state index contributed by atoms with van der Waals surface area (Å²) in [6.45, 7) is 8.19. The van der Waals surface area contributed by atoms with E-state index in [9.17, 15) is 4.39 Å². The summed E-state index contributed by atoms with van der Waals surface area (Å²) in [6.07, 6.45) is 1.08. The third-order valence-electron chi connectivity index (χ3n) is 3.06. The molecule has 0 aromatic heterocycles. The van der Waals surface area contributed by atoms with E-state index in [1.807, 2.05) is 6.92 Å². The highest BCUT2D eigenvalue weighted by Gasteiger charge is 2.03. The predicted octanol–water partition coefficient (Wildman–Crippen LogP) is 3.04. The maximum atomic E-state index is 13.3. The van der Waals surface area contributed by atoms with Crippen molar-refractivity contribution in [2.75, 3.05) is 13.1 Å². The van der Waals surface area contributed by atoms with Gasteiger partial charge in [-0.2, -0.15) is 0 Å². The molecule has 0 bridgehead atoms. The van der Waals surface area contributed by atoms with Crippen molar-refractivity contribution in [2.45, 2.75) is 40.3 Å². The molecule has 3 N–H and O–H groups in total. The minimum atomic E-state index is -0.382. The molecule has 4 nitrogen and oxygen atoms in total. The van der Waals surface area contributed by atoms with Gasteiger partial charge in [0.05, 0.1) is 13.2 Å². The average Bonchev–Trinajstić information content (AvgIpc) is 2.45. The van der Waals surface area contributed by atoms with Crippen LogP contribution in [0.3, 0.4) is 0 Å². The highest BCUT2D eigenvalue weighted by atomic mass is 127. The molecule has 0 aliphatic carbocycles. The Morgan fingerprint density at radius 1 is 1.32 bits per heavy atom. The number of aliphatic hydroxyl groups excluding tert-OH is 1. The molecular weight excluding hydrogens is 396 g/mol. The molecule has 6 heteroatoms. The van der Waals surface area contributed by atoms with Gasteiger partial charge >= 0.3 is 0 Å². The van der Waals surface area contributed by atoms with Crippen LogP contribution in [-0.4, -0.2) is 24.2 Å². The molecule has 0 radical (unpaired) electrons. The van der Waals surface area contributed by atoms with Crippen LogP contribution in [0.25, 0.3) is 0 Å². The Labute approximate surface area is 149 Å². The highest BCUT2D eigenvalue weighted by Crippen LogP contribution is 2.11. The average molecular weight is 423 g/mol. The van der Waals surface area contributed by atoms with Crippen LogP contribution < -0.4 is 10.6 Å². The Kier molecular flexibility index (Phi) is 11.2. The first-order chi connectivity index (χ1) is 10.1. The molecule has 0 aliphatic heterocycles. The van der Waals surface area contributed by atoms with E-state index in [4.69, 9.17) is 5.11 Å². The lowest BCUT2D eigenvalue weighted by Gasteiger charge is -2.12. The molecule has 0 atom stereocenters. The van der Waals surface area contributed by atoms with Gasteiger partial charge < -0.3 is 15.7 Å². The highest BCUT2D eigenvalue weighted by molar-refractivity contribution is 14.0. The van der Waals surface area contributed by atoms with Gasteiger partial charge in [0.25, 0.3) is 0 Å². The summed E-state index contributed by atoms with van der Waals surface area (Å²) in [4.78, 5) is 4.48. The third kappa shape index (κ3) is 7.93. The van der Waals surface area contributed by atoms with Gasteiger partial charge in [-0.05, 0) is 37.0 Å². The minimum Gasteiger partial charge on any atom is -0.392 e. The van der Waals surface area contributed by atoms with Crippen molar-refractivity contribution >= 4 is 29.9 Å². The topological polar surface area (TPSA) is 56.7 Å². The van der Waals surface area contributed by atoms with Crippen LogP contribution in [0.2, 0.25) is 0 Å². The summed E-state index contributed by atoms with van der Waals surface area (Å²) in [5, 5.41) is 15.5. The summed E-state index contributed by atoms with van der Waals surface area (Å²) in [7, 11) is 0. The van der Waals surface area contributed by atoms with Crippen LogP contribution in [0.1, 0.15) is 38.3 Å². The smallest absolute Gasteiger partial charge is 0.191 e. The number of rotatable bonds is 7. The van der Waals surface area contributed by atoms with E-state index in [-0.39, 0.29) is 36.4 Å². The first-order valence-corrected chi connectivity index (χ1v) is 7.47. The summed E-state index contributed by atoms with van der Waals surface area (Å²) in [6, 6.07) is 4.71. The molecule has 0 aliphatic rings. The second-order valence-electron chi connectivity index (χ2n) is 5.39. The van der Waals surface area contributed by atoms with E-state index in [1.54, 1.807) is 12.1 Å². The Balaban J connectivity index is 0.00000441. The molecule has 1 rings (SSSR count). The van der Waals surface area contributed by atoms with Crippen LogP contribution in [-0.2, 0) is 13.2 Å². The zero-order chi connectivity index (χ0) is 15.7. The van der Waals surface area contributed by atoms with Crippen LogP contribution >= 0.6 is 24.0 Å². The van der Waals surface area contributed by atoms with Crippen LogP contribution in [0.4, 0.5) is 4.39 Å². The van der Waals surface area contributed by atoms with E-state index in [0.717, 1.165) is 31.0 Å². The van der Waals surface area contributed by atoms with E-state index >= 15 is 0 Å². The number of halogens is 2. The zero-order valence-electron chi connectivity index (χ0n) is 13.5. The molecule has 0 saturated carbocycles. The second kappa shape index (κ2) is 11.6. The van der Waals surface area contributed by atoms with E-state index in [0.29, 0.717) is 18.0 Å². The zero-order valence-corrected chi connectivity index (χ0v) is 15.9. The van der Waals surface area contributed by atoms with Gasteiger partial charge in [0.1, 0.15) is 5.82 Å². The maximum Gasteiger partial charge on any atom is 0.191 e. The van der Waals surface area contributed by atoms with Gasteiger partial charge in [0.15, 0.2) is 5.96 Å². The molecule has 0 unspecified atom stereocenters. The molecule has 0 spiro atoms. The fraction of sp³-hybridized carbons (Fsp3) is 0.562. The number of hydrogen-bond donors (Lipinski definition) is 3. The molecule has 1 aromatic carbocycles. The number of aliphatic imine (C=N–C) groups is 1. The fourth-order valence-electron chi connectivity index (χ4n) is 1.84. The standard InChI is InChI=1S/C16H26FN3O.HI/c1-4-18-16(19-8-7-12(2)3)20-10-13-5-6-15(17)14(9-13)11-21;/h5-6,9,12,21H,4,7-8,10-11H2,1-3H3,(H2,18,19,20);1H. The lowest BCUT2D eigenvalue weighted by Crippen LogP contribution is -2.38. The van der Waals surface area contributed by atoms with Crippen LogP contribution in [0, 0.1) is 11.7 Å². The van der Waals surface area contributed by atoms with Crippen molar-refractivity contribution in [1.82, 2.24) is 10.6 Å². The van der Waals surface area contributed by atoms with Crippen LogP contribution in [0.5, 0.6) is 0 Å². The fourth-order valence-corrected chi connectivity index (χ4v) is 1.84. The summed E-state index contributed by atoms with van der Waals surface area (Å²) < 4.78 is 13.3. The predicted molar refractivity (Wildman–Crippen MR) is 100 cm³/mol. The summed E-state index contributed by atoms with van der Waals surface area (Å²) in [5.41, 5.74) is 1.18. The number of nitrogens with one attached hydrogen (secondary N) is 2. The third-order valence-corrected chi connectivity index (χ3v) is 3.06. The SMILES string of the molecule is CCNC(=NCc1ccc(F)c(CO)c1)NCCC(C)C.I. The molecule has 1 aromatic rings. The number of aliphatic hydroxyl groups is 1. The molecular formula is C16H27FIN3O. The number of benzene rings is 1. The van der Waals surface area contributed by atoms with E-state index in [2.05, 4.69) is 29.5 Å². The van der Waals surface area contributed by atoms with Gasteiger partial charge in [-0.3, -0.25) is 0 Å². The van der Waals surface area contributed by atoms with Gasteiger partial charge in [0.2, 0.25) is 0 Å². The largest absolute Gasteiger partial charge is 0.392 e. The molecule has 0 amide bonds. The lowest BCUT2D eigenvalue weighted by molar-refractivity contribution is 0.275. The number of nitrogens with zero attached hydrogens (tertiary/aromatic N) is 1. The molecule has 126 valence electrons. The molecule has 0 saturated heterocycles. The molecule has 22 heavy (non-hydrogen) atoms. The van der Waals surface area contributed by atoms with Crippen molar-refractivity contribution in [3.05, 3.63) is 35.1 Å². The second-order valence-corrected chi connectivity index (χ2v) is 5.39. The maximum absolute atomic E-state index is 13.3. The van der Waals surface area contributed by atoms with Crippen molar-refractivity contribution < 1.29 is 9.50 Å². The molecule has 0 fully saturated rings. The lowest BCUT2D eigenvalue weighted by atomic mass is 10.1. The van der Waals surface area contributed by atoms with Gasteiger partial charge in [-0.15, -0.1) is 24.0 Å². The van der Waals surface area contributed by atoms with Crippen molar-refractivity contribution in [3.8, 4) is 0 Å². The minimum absolute atomic E-state index is 0. The quantitative estimate of drug-likeness (QED) is 0.359. The summed E-state index contributed by atoms with van der Waals surface area (Å²) in [5.74, 6) is 1.02. The van der Waals surface area contributed by atoms with Gasteiger partial charge in [-0.25, -0.2) is 9.38 Å². The first-order valence-electron chi connectivity index (χ1n) is 7.47. The normalized spacial score (nSPS) is 11.3. The van der Waals surface area contributed by atoms with Crippen LogP contribution in [0.15, 0.2) is 23.2 Å². The summed E-state index contributed by atoms with van der Waals surface area (Å²) >= 11 is 0. The Hall–Kier alpha value is -0.890. The van der Waals surface area contributed by atoms with Crippen molar-refractivity contribution in [1.29, 1.82) is 0 Å². The number of hydrogen-bond acceptors (Lipinski definition) is 2.